The van der Waals surface area contributed by atoms with Crippen molar-refractivity contribution in [2.45, 2.75) is 251 Å². The standard InChI is InChI=1S/C39H81NO2.C6H14N2O/c1-3-5-7-9-11-13-15-17-19-21-23-25-27-29-31-33-35-41-37-39(40)38-42-36-34-32-30-28-26-24-22-20-18-16-14-12-10-8-6-4-2;7-4-2-1-3-6(8)5-9/h39H,3-38,40H2,1-2H3;5-6H,1-4,7-8H2. The molecule has 6 N–H and O–H groups in total. The summed E-state index contributed by atoms with van der Waals surface area (Å²) in [5, 5.41) is 0. The zero-order valence-electron chi connectivity index (χ0n) is 35.0. The first-order valence-electron chi connectivity index (χ1n) is 22.9. The third-order valence-corrected chi connectivity index (χ3v) is 10.1. The number of rotatable bonds is 43. The van der Waals surface area contributed by atoms with Gasteiger partial charge in [0.25, 0.3) is 0 Å². The highest BCUT2D eigenvalue weighted by Gasteiger charge is 2.03. The third-order valence-electron chi connectivity index (χ3n) is 10.1. The summed E-state index contributed by atoms with van der Waals surface area (Å²) in [4.78, 5) is 9.94. The molecular formula is C45H95N3O3. The monoisotopic (exact) mass is 726 g/mol. The Morgan fingerprint density at radius 2 is 0.686 bits per heavy atom. The molecule has 0 aliphatic rings. The topological polar surface area (TPSA) is 114 Å². The minimum atomic E-state index is -0.281. The molecule has 0 aromatic heterocycles. The van der Waals surface area contributed by atoms with Crippen LogP contribution in [-0.2, 0) is 14.3 Å². The summed E-state index contributed by atoms with van der Waals surface area (Å²) in [6.07, 6.45) is 48.4. The second-order valence-electron chi connectivity index (χ2n) is 15.6. The Kier molecular flexibility index (Phi) is 51.0. The van der Waals surface area contributed by atoms with Crippen LogP contribution < -0.4 is 17.2 Å². The molecule has 0 aromatic carbocycles. The first-order valence-corrected chi connectivity index (χ1v) is 22.9. The van der Waals surface area contributed by atoms with Crippen molar-refractivity contribution in [2.24, 2.45) is 17.2 Å². The first-order chi connectivity index (χ1) is 25.1. The van der Waals surface area contributed by atoms with Gasteiger partial charge in [0.2, 0.25) is 0 Å². The molecule has 0 aromatic rings. The summed E-state index contributed by atoms with van der Waals surface area (Å²) in [6, 6.07) is -0.260. The fourth-order valence-electron chi connectivity index (χ4n) is 6.61. The highest BCUT2D eigenvalue weighted by molar-refractivity contribution is 5.56. The molecule has 1 atom stereocenters. The van der Waals surface area contributed by atoms with E-state index in [1.54, 1.807) is 0 Å². The van der Waals surface area contributed by atoms with Crippen molar-refractivity contribution in [3.8, 4) is 0 Å². The van der Waals surface area contributed by atoms with E-state index in [0.717, 1.165) is 38.8 Å². The van der Waals surface area contributed by atoms with Crippen LogP contribution in [0.2, 0.25) is 0 Å². The van der Waals surface area contributed by atoms with E-state index in [2.05, 4.69) is 13.8 Å². The van der Waals surface area contributed by atoms with Crippen molar-refractivity contribution in [2.75, 3.05) is 33.0 Å². The molecule has 6 nitrogen and oxygen atoms in total. The van der Waals surface area contributed by atoms with Crippen molar-refractivity contribution in [3.05, 3.63) is 0 Å². The zero-order valence-corrected chi connectivity index (χ0v) is 35.0. The Hall–Kier alpha value is -0.530. The number of hydrogen-bond acceptors (Lipinski definition) is 6. The molecule has 0 aliphatic carbocycles. The van der Waals surface area contributed by atoms with Gasteiger partial charge in [-0.3, -0.25) is 0 Å². The fraction of sp³-hybridized carbons (Fsp3) is 0.978. The number of aldehydes is 1. The number of carbonyl (C=O) groups excluding carboxylic acids is 1. The van der Waals surface area contributed by atoms with E-state index in [9.17, 15) is 4.79 Å². The number of carbonyl (C=O) groups is 1. The Bertz CT molecular complexity index is 569. The summed E-state index contributed by atoms with van der Waals surface area (Å²) in [7, 11) is 0. The molecule has 0 amide bonds. The van der Waals surface area contributed by atoms with Crippen LogP contribution in [0.15, 0.2) is 0 Å². The number of hydrogen-bond donors (Lipinski definition) is 3. The maximum absolute atomic E-state index is 9.94. The van der Waals surface area contributed by atoms with E-state index in [1.807, 2.05) is 0 Å². The average Bonchev–Trinajstić information content (AvgIpc) is 3.14. The maximum atomic E-state index is 9.94. The maximum Gasteiger partial charge on any atom is 0.136 e. The Morgan fingerprint density at radius 3 is 0.941 bits per heavy atom. The second kappa shape index (κ2) is 49.5. The van der Waals surface area contributed by atoms with Gasteiger partial charge in [0.15, 0.2) is 0 Å². The molecule has 0 heterocycles. The van der Waals surface area contributed by atoms with Gasteiger partial charge in [-0.05, 0) is 32.2 Å². The number of ether oxygens (including phenoxy) is 2. The van der Waals surface area contributed by atoms with E-state index in [1.165, 1.54) is 205 Å². The molecule has 0 aliphatic heterocycles. The highest BCUT2D eigenvalue weighted by atomic mass is 16.5. The lowest BCUT2D eigenvalue weighted by atomic mass is 10.0. The van der Waals surface area contributed by atoms with E-state index in [4.69, 9.17) is 26.7 Å². The Labute approximate surface area is 320 Å². The predicted octanol–water partition coefficient (Wildman–Crippen LogP) is 12.5. The quantitative estimate of drug-likeness (QED) is 0.0426. The fourth-order valence-corrected chi connectivity index (χ4v) is 6.61. The second-order valence-corrected chi connectivity index (χ2v) is 15.6. The molecule has 0 rings (SSSR count). The van der Waals surface area contributed by atoms with Gasteiger partial charge in [-0.2, -0.15) is 0 Å². The molecule has 1 unspecified atom stereocenters. The largest absolute Gasteiger partial charge is 0.380 e. The van der Waals surface area contributed by atoms with E-state index < -0.39 is 0 Å². The molecular weight excluding hydrogens is 631 g/mol. The van der Waals surface area contributed by atoms with Crippen LogP contribution in [0, 0.1) is 0 Å². The summed E-state index contributed by atoms with van der Waals surface area (Å²) in [5.74, 6) is 0. The van der Waals surface area contributed by atoms with Crippen molar-refractivity contribution >= 4 is 6.29 Å². The summed E-state index contributed by atoms with van der Waals surface area (Å²) < 4.78 is 11.6. The smallest absolute Gasteiger partial charge is 0.136 e. The molecule has 0 fully saturated rings. The first kappa shape index (κ1) is 52.6. The van der Waals surface area contributed by atoms with Crippen LogP contribution >= 0.6 is 0 Å². The van der Waals surface area contributed by atoms with Crippen molar-refractivity contribution < 1.29 is 14.3 Å². The van der Waals surface area contributed by atoms with Crippen LogP contribution in [0.5, 0.6) is 0 Å². The van der Waals surface area contributed by atoms with Gasteiger partial charge >= 0.3 is 0 Å². The van der Waals surface area contributed by atoms with Crippen LogP contribution in [-0.4, -0.2) is 51.3 Å². The summed E-state index contributed by atoms with van der Waals surface area (Å²) in [5.41, 5.74) is 16.7. The van der Waals surface area contributed by atoms with Crippen LogP contribution in [0.4, 0.5) is 0 Å². The van der Waals surface area contributed by atoms with Crippen LogP contribution in [0.3, 0.4) is 0 Å². The van der Waals surface area contributed by atoms with Crippen molar-refractivity contribution in [1.82, 2.24) is 0 Å². The zero-order chi connectivity index (χ0) is 37.6. The normalized spacial score (nSPS) is 12.0. The predicted molar refractivity (Wildman–Crippen MR) is 226 cm³/mol. The average molecular weight is 726 g/mol. The van der Waals surface area contributed by atoms with Crippen LogP contribution in [0.25, 0.3) is 0 Å². The van der Waals surface area contributed by atoms with Gasteiger partial charge in [-0.1, -0.05) is 213 Å². The molecule has 51 heavy (non-hydrogen) atoms. The number of unbranched alkanes of at least 4 members (excludes halogenated alkanes) is 31. The van der Waals surface area contributed by atoms with E-state index >= 15 is 0 Å². The van der Waals surface area contributed by atoms with Gasteiger partial charge in [0.05, 0.1) is 25.3 Å². The third kappa shape index (κ3) is 51.6. The SMILES string of the molecule is CCCCCCCCCCCCCCCCCCOCC(N)COCCCCCCCCCCCCCCCCCC.NCCCCC(N)C=O. The lowest BCUT2D eigenvalue weighted by Gasteiger charge is -2.13. The molecule has 0 bridgehead atoms. The van der Waals surface area contributed by atoms with Gasteiger partial charge in [-0.25, -0.2) is 0 Å². The molecule has 308 valence electrons. The van der Waals surface area contributed by atoms with Crippen molar-refractivity contribution in [1.29, 1.82) is 0 Å². The van der Waals surface area contributed by atoms with Gasteiger partial charge in [0, 0.05) is 13.2 Å². The summed E-state index contributed by atoms with van der Waals surface area (Å²) >= 11 is 0. The molecule has 0 spiro atoms. The van der Waals surface area contributed by atoms with Gasteiger partial charge < -0.3 is 31.5 Å². The summed E-state index contributed by atoms with van der Waals surface area (Å²) in [6.45, 7) is 8.26. The lowest BCUT2D eigenvalue weighted by Crippen LogP contribution is -2.31. The van der Waals surface area contributed by atoms with Crippen LogP contribution in [0.1, 0.15) is 239 Å². The van der Waals surface area contributed by atoms with Crippen molar-refractivity contribution in [3.63, 3.8) is 0 Å². The lowest BCUT2D eigenvalue weighted by molar-refractivity contribution is -0.109. The Morgan fingerprint density at radius 1 is 0.412 bits per heavy atom. The molecule has 0 saturated carbocycles. The molecule has 0 radical (unpaired) electrons. The molecule has 6 heteroatoms. The minimum absolute atomic E-state index is 0.0205. The van der Waals surface area contributed by atoms with Gasteiger partial charge in [-0.15, -0.1) is 0 Å². The number of nitrogens with two attached hydrogens (primary N) is 3. The van der Waals surface area contributed by atoms with Gasteiger partial charge in [0.1, 0.15) is 6.29 Å². The minimum Gasteiger partial charge on any atom is -0.380 e. The van der Waals surface area contributed by atoms with E-state index in [-0.39, 0.29) is 12.1 Å². The van der Waals surface area contributed by atoms with E-state index in [0.29, 0.717) is 19.8 Å². The molecule has 0 saturated heterocycles. The highest BCUT2D eigenvalue weighted by Crippen LogP contribution is 2.15. The Balaban J connectivity index is 0.